The molecule has 2 aromatic carbocycles. The average molecular weight is 422 g/mol. The Bertz CT molecular complexity index is 1350. The molecule has 0 aliphatic carbocycles. The Morgan fingerprint density at radius 3 is 2.77 bits per heavy atom. The number of anilines is 1. The molecule has 0 amide bonds. The highest BCUT2D eigenvalue weighted by atomic mass is 32.2. The minimum Gasteiger partial charge on any atom is -0.454 e. The molecule has 5 rings (SSSR count). The number of aromatic nitrogens is 3. The first-order valence-electron chi connectivity index (χ1n) is 9.29. The van der Waals surface area contributed by atoms with Crippen LogP contribution in [-0.2, 0) is 16.6 Å². The lowest BCUT2D eigenvalue weighted by Crippen LogP contribution is -2.31. The van der Waals surface area contributed by atoms with Crippen LogP contribution in [0.3, 0.4) is 0 Å². The van der Waals surface area contributed by atoms with Crippen LogP contribution in [0.15, 0.2) is 72.0 Å². The fourth-order valence-electron chi connectivity index (χ4n) is 3.38. The first-order chi connectivity index (χ1) is 14.5. The lowest BCUT2D eigenvalue weighted by Gasteiger charge is -2.25. The fraction of sp³-hybridized carbons (Fsp3) is 0.143. The van der Waals surface area contributed by atoms with Gasteiger partial charge in [0.25, 0.3) is 10.0 Å². The molecular formula is C21H18N4O4S. The molecule has 0 unspecified atom stereocenters. The van der Waals surface area contributed by atoms with E-state index < -0.39 is 10.0 Å². The van der Waals surface area contributed by atoms with Crippen molar-refractivity contribution in [1.29, 1.82) is 0 Å². The second-order valence-electron chi connectivity index (χ2n) is 6.94. The SMILES string of the molecule is Cc1ccccc1CN(c1ccc2c(c1)OCO2)S(=O)(=O)c1ccc2nncn2c1. The van der Waals surface area contributed by atoms with E-state index in [1.54, 1.807) is 28.7 Å². The van der Waals surface area contributed by atoms with Gasteiger partial charge in [-0.25, -0.2) is 8.42 Å². The number of sulfonamides is 1. The summed E-state index contributed by atoms with van der Waals surface area (Å²) in [6.07, 6.45) is 2.99. The Labute approximate surface area is 173 Å². The van der Waals surface area contributed by atoms with Crippen molar-refractivity contribution in [1.82, 2.24) is 14.6 Å². The van der Waals surface area contributed by atoms with Crippen LogP contribution in [0.5, 0.6) is 11.5 Å². The Kier molecular flexibility index (Phi) is 4.32. The zero-order chi connectivity index (χ0) is 20.7. The molecule has 0 saturated heterocycles. The van der Waals surface area contributed by atoms with Crippen LogP contribution in [0, 0.1) is 6.92 Å². The van der Waals surface area contributed by atoms with Crippen molar-refractivity contribution in [2.45, 2.75) is 18.4 Å². The van der Waals surface area contributed by atoms with Gasteiger partial charge in [0, 0.05) is 12.3 Å². The number of pyridine rings is 1. The van der Waals surface area contributed by atoms with Crippen molar-refractivity contribution in [2.24, 2.45) is 0 Å². The molecular weight excluding hydrogens is 404 g/mol. The van der Waals surface area contributed by atoms with Crippen molar-refractivity contribution in [3.8, 4) is 11.5 Å². The summed E-state index contributed by atoms with van der Waals surface area (Å²) in [6, 6.07) is 16.0. The van der Waals surface area contributed by atoms with Crippen molar-refractivity contribution in [3.05, 3.63) is 78.2 Å². The largest absolute Gasteiger partial charge is 0.454 e. The zero-order valence-corrected chi connectivity index (χ0v) is 16.9. The topological polar surface area (TPSA) is 86.0 Å². The maximum atomic E-state index is 13.7. The number of hydrogen-bond acceptors (Lipinski definition) is 6. The van der Waals surface area contributed by atoms with E-state index in [2.05, 4.69) is 10.2 Å². The van der Waals surface area contributed by atoms with Gasteiger partial charge in [0.15, 0.2) is 17.1 Å². The summed E-state index contributed by atoms with van der Waals surface area (Å²) >= 11 is 0. The van der Waals surface area contributed by atoms with Gasteiger partial charge in [-0.1, -0.05) is 24.3 Å². The summed E-state index contributed by atoms with van der Waals surface area (Å²) in [5.74, 6) is 1.12. The van der Waals surface area contributed by atoms with Crippen LogP contribution >= 0.6 is 0 Å². The van der Waals surface area contributed by atoms with Gasteiger partial charge in [-0.3, -0.25) is 8.71 Å². The first-order valence-corrected chi connectivity index (χ1v) is 10.7. The number of ether oxygens (including phenoxy) is 2. The third-order valence-corrected chi connectivity index (χ3v) is 6.83. The minimum absolute atomic E-state index is 0.119. The van der Waals surface area contributed by atoms with E-state index in [9.17, 15) is 8.42 Å². The van der Waals surface area contributed by atoms with Crippen LogP contribution in [0.25, 0.3) is 5.65 Å². The fourth-order valence-corrected chi connectivity index (χ4v) is 4.83. The standard InChI is InChI=1S/C21H18N4O4S/c1-15-4-2-3-5-16(15)11-25(17-6-8-19-20(10-17)29-14-28-19)30(26,27)18-7-9-21-23-22-13-24(21)12-18/h2-10,12-13H,11,14H2,1H3. The second-order valence-corrected chi connectivity index (χ2v) is 8.80. The average Bonchev–Trinajstić information content (AvgIpc) is 3.41. The van der Waals surface area contributed by atoms with Crippen LogP contribution in [0.2, 0.25) is 0 Å². The Morgan fingerprint density at radius 1 is 1.07 bits per heavy atom. The molecule has 152 valence electrons. The monoisotopic (exact) mass is 422 g/mol. The molecule has 0 atom stereocenters. The van der Waals surface area contributed by atoms with E-state index in [0.29, 0.717) is 22.8 Å². The van der Waals surface area contributed by atoms with Gasteiger partial charge in [-0.05, 0) is 42.3 Å². The summed E-state index contributed by atoms with van der Waals surface area (Å²) < 4.78 is 41.2. The van der Waals surface area contributed by atoms with Crippen molar-refractivity contribution >= 4 is 21.4 Å². The number of aryl methyl sites for hydroxylation is 1. The van der Waals surface area contributed by atoms with Gasteiger partial charge in [0.05, 0.1) is 12.2 Å². The molecule has 3 heterocycles. The third kappa shape index (κ3) is 3.13. The quantitative estimate of drug-likeness (QED) is 0.491. The highest BCUT2D eigenvalue weighted by Crippen LogP contribution is 2.37. The summed E-state index contributed by atoms with van der Waals surface area (Å²) in [6.45, 7) is 2.26. The van der Waals surface area contributed by atoms with Gasteiger partial charge in [-0.2, -0.15) is 0 Å². The molecule has 1 aliphatic heterocycles. The van der Waals surface area contributed by atoms with Crippen LogP contribution in [0.1, 0.15) is 11.1 Å². The number of fused-ring (bicyclic) bond motifs is 2. The molecule has 9 heteroatoms. The molecule has 0 bridgehead atoms. The lowest BCUT2D eigenvalue weighted by molar-refractivity contribution is 0.174. The molecule has 8 nitrogen and oxygen atoms in total. The number of rotatable bonds is 5. The van der Waals surface area contributed by atoms with Crippen LogP contribution in [0.4, 0.5) is 5.69 Å². The molecule has 0 saturated carbocycles. The highest BCUT2D eigenvalue weighted by molar-refractivity contribution is 7.92. The van der Waals surface area contributed by atoms with Crippen molar-refractivity contribution in [3.63, 3.8) is 0 Å². The van der Waals surface area contributed by atoms with Gasteiger partial charge in [0.2, 0.25) is 6.79 Å². The van der Waals surface area contributed by atoms with Crippen LogP contribution < -0.4 is 13.8 Å². The van der Waals surface area contributed by atoms with Gasteiger partial charge >= 0.3 is 0 Å². The molecule has 0 spiro atoms. The van der Waals surface area contributed by atoms with Crippen molar-refractivity contribution in [2.75, 3.05) is 11.1 Å². The summed E-state index contributed by atoms with van der Waals surface area (Å²) in [5.41, 5.74) is 2.98. The Balaban J connectivity index is 1.63. The molecule has 30 heavy (non-hydrogen) atoms. The maximum Gasteiger partial charge on any atom is 0.266 e. The lowest BCUT2D eigenvalue weighted by atomic mass is 10.1. The number of benzene rings is 2. The molecule has 2 aromatic heterocycles. The maximum absolute atomic E-state index is 13.7. The molecule has 4 aromatic rings. The van der Waals surface area contributed by atoms with E-state index >= 15 is 0 Å². The summed E-state index contributed by atoms with van der Waals surface area (Å²) in [4.78, 5) is 0.140. The van der Waals surface area contributed by atoms with E-state index in [-0.39, 0.29) is 18.2 Å². The van der Waals surface area contributed by atoms with E-state index in [0.717, 1.165) is 11.1 Å². The highest BCUT2D eigenvalue weighted by Gasteiger charge is 2.28. The minimum atomic E-state index is -3.90. The van der Waals surface area contributed by atoms with E-state index in [4.69, 9.17) is 9.47 Å². The smallest absolute Gasteiger partial charge is 0.266 e. The predicted octanol–water partition coefficient (Wildman–Crippen LogP) is 3.16. The summed E-state index contributed by atoms with van der Waals surface area (Å²) in [5, 5.41) is 7.76. The molecule has 0 radical (unpaired) electrons. The number of nitrogens with zero attached hydrogens (tertiary/aromatic N) is 4. The van der Waals surface area contributed by atoms with Gasteiger partial charge in [-0.15, -0.1) is 10.2 Å². The molecule has 1 aliphatic rings. The molecule has 0 N–H and O–H groups in total. The predicted molar refractivity (Wildman–Crippen MR) is 110 cm³/mol. The summed E-state index contributed by atoms with van der Waals surface area (Å²) in [7, 11) is -3.90. The Morgan fingerprint density at radius 2 is 1.90 bits per heavy atom. The van der Waals surface area contributed by atoms with Crippen LogP contribution in [-0.4, -0.2) is 29.8 Å². The van der Waals surface area contributed by atoms with E-state index in [1.807, 2.05) is 31.2 Å². The van der Waals surface area contributed by atoms with E-state index in [1.165, 1.54) is 22.9 Å². The second kappa shape index (κ2) is 7.03. The van der Waals surface area contributed by atoms with Crippen molar-refractivity contribution < 1.29 is 17.9 Å². The molecule has 0 fully saturated rings. The third-order valence-electron chi connectivity index (χ3n) is 5.07. The van der Waals surface area contributed by atoms with Gasteiger partial charge < -0.3 is 9.47 Å². The zero-order valence-electron chi connectivity index (χ0n) is 16.1. The number of hydrogen-bond donors (Lipinski definition) is 0. The normalized spacial score (nSPS) is 13.0. The van der Waals surface area contributed by atoms with Gasteiger partial charge in [0.1, 0.15) is 11.2 Å². The Hall–Kier alpha value is -3.59. The first kappa shape index (κ1) is 18.4.